The zero-order chi connectivity index (χ0) is 15.6. The van der Waals surface area contributed by atoms with Crippen molar-refractivity contribution in [1.29, 1.82) is 0 Å². The summed E-state index contributed by atoms with van der Waals surface area (Å²) >= 11 is 0. The number of nitrogens with zero attached hydrogens (tertiary/aromatic N) is 2. The lowest BCUT2D eigenvalue weighted by Crippen LogP contribution is -2.36. The first-order chi connectivity index (χ1) is 10.8. The van der Waals surface area contributed by atoms with Crippen LogP contribution >= 0.6 is 0 Å². The first-order valence-electron chi connectivity index (χ1n) is 7.37. The van der Waals surface area contributed by atoms with E-state index in [0.29, 0.717) is 12.4 Å². The Hall–Kier alpha value is -2.56. The molecule has 5 nitrogen and oxygen atoms in total. The molecule has 0 aliphatic carbocycles. The summed E-state index contributed by atoms with van der Waals surface area (Å²) in [5.74, 6) is 1.41. The molecule has 0 saturated heterocycles. The van der Waals surface area contributed by atoms with Crippen molar-refractivity contribution in [3.63, 3.8) is 0 Å². The molecule has 0 unspecified atom stereocenters. The minimum Gasteiger partial charge on any atom is -0.481 e. The largest absolute Gasteiger partial charge is 0.481 e. The zero-order valence-electron chi connectivity index (χ0n) is 13.0. The maximum atomic E-state index is 5.05. The molecule has 0 saturated carbocycles. The predicted octanol–water partition coefficient (Wildman–Crippen LogP) is 2.35. The lowest BCUT2D eigenvalue weighted by atomic mass is 10.2. The second kappa shape index (κ2) is 8.67. The zero-order valence-corrected chi connectivity index (χ0v) is 13.0. The van der Waals surface area contributed by atoms with Gasteiger partial charge in [-0.05, 0) is 18.1 Å². The molecule has 0 spiro atoms. The van der Waals surface area contributed by atoms with Crippen molar-refractivity contribution in [1.82, 2.24) is 15.6 Å². The number of guanidine groups is 1. The molecule has 116 valence electrons. The van der Waals surface area contributed by atoms with E-state index in [4.69, 9.17) is 4.74 Å². The summed E-state index contributed by atoms with van der Waals surface area (Å²) in [7, 11) is 1.61. The molecule has 0 fully saturated rings. The second-order valence-electron chi connectivity index (χ2n) is 4.74. The standard InChI is InChI=1S/C17H22N4O/c1-3-18-17(20-11-14-7-5-4-6-8-14)21-13-15-9-10-16(22-2)19-12-15/h4-10,12H,3,11,13H2,1-2H3,(H2,18,20,21). The number of rotatable bonds is 6. The molecule has 22 heavy (non-hydrogen) atoms. The fourth-order valence-electron chi connectivity index (χ4n) is 1.92. The molecule has 0 amide bonds. The number of ether oxygens (including phenoxy) is 1. The minimum absolute atomic E-state index is 0.571. The van der Waals surface area contributed by atoms with Crippen LogP contribution in [0.4, 0.5) is 0 Å². The van der Waals surface area contributed by atoms with Gasteiger partial charge in [0.15, 0.2) is 5.96 Å². The summed E-state index contributed by atoms with van der Waals surface area (Å²) in [5, 5.41) is 6.56. The minimum atomic E-state index is 0.571. The van der Waals surface area contributed by atoms with Crippen LogP contribution in [0.3, 0.4) is 0 Å². The Bertz CT molecular complexity index is 581. The molecular weight excluding hydrogens is 276 g/mol. The molecule has 2 rings (SSSR count). The topological polar surface area (TPSA) is 58.5 Å². The highest BCUT2D eigenvalue weighted by Gasteiger charge is 1.99. The van der Waals surface area contributed by atoms with E-state index in [0.717, 1.165) is 24.6 Å². The van der Waals surface area contributed by atoms with Gasteiger partial charge in [0.05, 0.1) is 13.7 Å². The van der Waals surface area contributed by atoms with E-state index in [9.17, 15) is 0 Å². The third-order valence-electron chi connectivity index (χ3n) is 3.07. The third kappa shape index (κ3) is 5.09. The van der Waals surface area contributed by atoms with Gasteiger partial charge >= 0.3 is 0 Å². The maximum Gasteiger partial charge on any atom is 0.212 e. The van der Waals surface area contributed by atoms with Crippen molar-refractivity contribution >= 4 is 5.96 Å². The summed E-state index contributed by atoms with van der Waals surface area (Å²) in [6, 6.07) is 14.1. The molecule has 1 aromatic carbocycles. The predicted molar refractivity (Wildman–Crippen MR) is 88.9 cm³/mol. The Morgan fingerprint density at radius 3 is 2.55 bits per heavy atom. The summed E-state index contributed by atoms with van der Waals surface area (Å²) < 4.78 is 5.05. The van der Waals surface area contributed by atoms with Crippen molar-refractivity contribution in [2.75, 3.05) is 13.7 Å². The Morgan fingerprint density at radius 2 is 1.91 bits per heavy atom. The van der Waals surface area contributed by atoms with Gasteiger partial charge in [-0.1, -0.05) is 36.4 Å². The van der Waals surface area contributed by atoms with Gasteiger partial charge in [-0.2, -0.15) is 0 Å². The molecule has 1 aromatic heterocycles. The SMILES string of the molecule is CCNC(=NCc1ccc(OC)nc1)NCc1ccccc1. The highest BCUT2D eigenvalue weighted by molar-refractivity contribution is 5.79. The van der Waals surface area contributed by atoms with Gasteiger partial charge in [0.25, 0.3) is 0 Å². The van der Waals surface area contributed by atoms with Crippen LogP contribution in [0.15, 0.2) is 53.7 Å². The number of hydrogen-bond donors (Lipinski definition) is 2. The Kier molecular flexibility index (Phi) is 6.23. The number of methoxy groups -OCH3 is 1. The van der Waals surface area contributed by atoms with Gasteiger partial charge < -0.3 is 15.4 Å². The van der Waals surface area contributed by atoms with E-state index in [1.807, 2.05) is 30.3 Å². The number of nitrogens with one attached hydrogen (secondary N) is 2. The number of pyridine rings is 1. The van der Waals surface area contributed by atoms with E-state index in [1.165, 1.54) is 5.56 Å². The third-order valence-corrected chi connectivity index (χ3v) is 3.07. The monoisotopic (exact) mass is 298 g/mol. The average molecular weight is 298 g/mol. The van der Waals surface area contributed by atoms with Gasteiger partial charge in [-0.15, -0.1) is 0 Å². The molecule has 5 heteroatoms. The number of aromatic nitrogens is 1. The number of benzene rings is 1. The van der Waals surface area contributed by atoms with Gasteiger partial charge in [0, 0.05) is 25.4 Å². The summed E-state index contributed by atoms with van der Waals surface area (Å²) in [5.41, 5.74) is 2.26. The van der Waals surface area contributed by atoms with E-state index in [2.05, 4.69) is 39.7 Å². The molecule has 0 atom stereocenters. The van der Waals surface area contributed by atoms with Crippen LogP contribution in [-0.2, 0) is 13.1 Å². The molecule has 0 aliphatic heterocycles. The van der Waals surface area contributed by atoms with Crippen molar-refractivity contribution < 1.29 is 4.74 Å². The van der Waals surface area contributed by atoms with Crippen LogP contribution in [0.1, 0.15) is 18.1 Å². The number of hydrogen-bond acceptors (Lipinski definition) is 3. The van der Waals surface area contributed by atoms with Gasteiger partial charge in [0.1, 0.15) is 0 Å². The van der Waals surface area contributed by atoms with E-state index >= 15 is 0 Å². The first kappa shape index (κ1) is 15.8. The molecule has 2 aromatic rings. The summed E-state index contributed by atoms with van der Waals surface area (Å²) in [6.45, 7) is 4.19. The second-order valence-corrected chi connectivity index (χ2v) is 4.74. The average Bonchev–Trinajstić information content (AvgIpc) is 2.59. The van der Waals surface area contributed by atoms with Crippen molar-refractivity contribution in [2.24, 2.45) is 4.99 Å². The first-order valence-corrected chi connectivity index (χ1v) is 7.37. The maximum absolute atomic E-state index is 5.05. The Morgan fingerprint density at radius 1 is 1.09 bits per heavy atom. The fraction of sp³-hybridized carbons (Fsp3) is 0.294. The lowest BCUT2D eigenvalue weighted by molar-refractivity contribution is 0.397. The quantitative estimate of drug-likeness (QED) is 0.635. The molecule has 0 aliphatic rings. The van der Waals surface area contributed by atoms with Crippen molar-refractivity contribution in [2.45, 2.75) is 20.0 Å². The number of aliphatic imine (C=N–C) groups is 1. The molecule has 2 N–H and O–H groups in total. The van der Waals surface area contributed by atoms with Crippen LogP contribution in [0.25, 0.3) is 0 Å². The fourth-order valence-corrected chi connectivity index (χ4v) is 1.92. The highest BCUT2D eigenvalue weighted by atomic mass is 16.5. The molecular formula is C17H22N4O. The van der Waals surface area contributed by atoms with Gasteiger partial charge in [0.2, 0.25) is 5.88 Å². The van der Waals surface area contributed by atoms with E-state index < -0.39 is 0 Å². The Balaban J connectivity index is 1.93. The molecule has 0 bridgehead atoms. The summed E-state index contributed by atoms with van der Waals surface area (Å²) in [6.07, 6.45) is 1.78. The Labute approximate surface area is 131 Å². The lowest BCUT2D eigenvalue weighted by Gasteiger charge is -2.11. The van der Waals surface area contributed by atoms with Crippen LogP contribution in [-0.4, -0.2) is 24.6 Å². The van der Waals surface area contributed by atoms with Gasteiger partial charge in [-0.3, -0.25) is 0 Å². The van der Waals surface area contributed by atoms with Crippen molar-refractivity contribution in [3.05, 3.63) is 59.8 Å². The normalized spacial score (nSPS) is 11.1. The van der Waals surface area contributed by atoms with Crippen LogP contribution in [0.5, 0.6) is 5.88 Å². The van der Waals surface area contributed by atoms with E-state index in [-0.39, 0.29) is 0 Å². The summed E-state index contributed by atoms with van der Waals surface area (Å²) in [4.78, 5) is 8.75. The van der Waals surface area contributed by atoms with E-state index in [1.54, 1.807) is 13.3 Å². The van der Waals surface area contributed by atoms with Crippen LogP contribution < -0.4 is 15.4 Å². The molecule has 0 radical (unpaired) electrons. The smallest absolute Gasteiger partial charge is 0.212 e. The van der Waals surface area contributed by atoms with Crippen LogP contribution in [0.2, 0.25) is 0 Å². The highest BCUT2D eigenvalue weighted by Crippen LogP contribution is 2.07. The van der Waals surface area contributed by atoms with Crippen LogP contribution in [0, 0.1) is 0 Å². The molecule has 1 heterocycles. The van der Waals surface area contributed by atoms with Crippen molar-refractivity contribution in [3.8, 4) is 5.88 Å². The van der Waals surface area contributed by atoms with Gasteiger partial charge in [-0.25, -0.2) is 9.98 Å².